The second-order valence-electron chi connectivity index (χ2n) is 18.3. The van der Waals surface area contributed by atoms with Crippen LogP contribution in [0.5, 0.6) is 0 Å². The Morgan fingerprint density at radius 2 is 0.814 bits per heavy atom. The van der Waals surface area contributed by atoms with Gasteiger partial charge in [-0.25, -0.2) is 15.0 Å². The zero-order valence-electron chi connectivity index (χ0n) is 37.6. The highest BCUT2D eigenvalue weighted by Crippen LogP contribution is 2.43. The molecular weight excluding hydrogens is 869 g/mol. The Kier molecular flexibility index (Phi) is 8.49. The van der Waals surface area contributed by atoms with Crippen LogP contribution in [0.4, 0.5) is 0 Å². The lowest BCUT2D eigenvalue weighted by atomic mass is 9.95. The van der Waals surface area contributed by atoms with Crippen LogP contribution < -0.4 is 0 Å². The first-order valence-corrected chi connectivity index (χ1v) is 24.6. The number of nitrogens with zero attached hydrogens (tertiary/aromatic N) is 4. The maximum atomic E-state index is 5.55. The molecule has 0 aliphatic heterocycles. The van der Waals surface area contributed by atoms with Crippen LogP contribution in [0, 0.1) is 0 Å². The van der Waals surface area contributed by atoms with E-state index in [0.29, 0.717) is 17.5 Å². The van der Waals surface area contributed by atoms with Crippen LogP contribution in [0.3, 0.4) is 0 Å². The zero-order valence-corrected chi connectivity index (χ0v) is 38.5. The van der Waals surface area contributed by atoms with Gasteiger partial charge in [-0.1, -0.05) is 176 Å². The average Bonchev–Trinajstić information content (AvgIpc) is 3.96. The van der Waals surface area contributed by atoms with Crippen molar-refractivity contribution >= 4 is 107 Å². The van der Waals surface area contributed by atoms with E-state index in [-0.39, 0.29) is 0 Å². The fourth-order valence-electron chi connectivity index (χ4n) is 11.1. The molecule has 15 aromatic rings. The van der Waals surface area contributed by atoms with Gasteiger partial charge < -0.3 is 4.57 Å². The third-order valence-corrected chi connectivity index (χ3v) is 15.6. The topological polar surface area (TPSA) is 43.6 Å². The summed E-state index contributed by atoms with van der Waals surface area (Å²) < 4.78 is 4.96. The number of aromatic nitrogens is 4. The molecule has 0 fully saturated rings. The summed E-state index contributed by atoms with van der Waals surface area (Å²) in [6.07, 6.45) is 0. The third-order valence-electron chi connectivity index (χ3n) is 14.4. The Labute approximate surface area is 406 Å². The van der Waals surface area contributed by atoms with Gasteiger partial charge in [-0.2, -0.15) is 0 Å². The van der Waals surface area contributed by atoms with E-state index in [9.17, 15) is 0 Å². The predicted molar refractivity (Wildman–Crippen MR) is 296 cm³/mol. The molecule has 0 N–H and O–H groups in total. The van der Waals surface area contributed by atoms with E-state index in [0.717, 1.165) is 66.1 Å². The molecule has 12 aromatic carbocycles. The molecule has 3 aromatic heterocycles. The molecule has 324 valence electrons. The van der Waals surface area contributed by atoms with E-state index in [1.165, 1.54) is 63.3 Å². The van der Waals surface area contributed by atoms with Gasteiger partial charge in [0, 0.05) is 53.3 Å². The molecule has 0 unspecified atom stereocenters. The Hall–Kier alpha value is -9.03. The van der Waals surface area contributed by atoms with Crippen molar-refractivity contribution in [2.45, 2.75) is 0 Å². The largest absolute Gasteiger partial charge is 0.309 e. The van der Waals surface area contributed by atoms with E-state index in [1.54, 1.807) is 0 Å². The Balaban J connectivity index is 1.03. The van der Waals surface area contributed by atoms with Gasteiger partial charge in [0.05, 0.1) is 11.0 Å². The van der Waals surface area contributed by atoms with Gasteiger partial charge in [0.1, 0.15) is 0 Å². The maximum Gasteiger partial charge on any atom is 0.164 e. The minimum Gasteiger partial charge on any atom is -0.309 e. The highest BCUT2D eigenvalue weighted by atomic mass is 32.1. The normalized spacial score (nSPS) is 12.0. The highest BCUT2D eigenvalue weighted by Gasteiger charge is 2.22. The van der Waals surface area contributed by atoms with Crippen LogP contribution in [0.25, 0.3) is 147 Å². The van der Waals surface area contributed by atoms with Crippen LogP contribution in [0.2, 0.25) is 0 Å². The van der Waals surface area contributed by atoms with Crippen molar-refractivity contribution in [2.24, 2.45) is 0 Å². The number of para-hydroxylation sites is 1. The Morgan fingerprint density at radius 3 is 1.50 bits per heavy atom. The SMILES string of the molecule is c1ccc2cc3c(cc2c1)c1ccccc1n3-c1ccc(-c2nc(-c3cccc4c3ccc3ccccc34)nc(-c3cccc4c3ccc3ccccc34)n2)c(-c2ccc3sc4ccccc4c3c2)c1. The first-order valence-electron chi connectivity index (χ1n) is 23.7. The highest BCUT2D eigenvalue weighted by molar-refractivity contribution is 7.25. The average molecular weight is 907 g/mol. The van der Waals surface area contributed by atoms with Gasteiger partial charge >= 0.3 is 0 Å². The van der Waals surface area contributed by atoms with Gasteiger partial charge in [0.25, 0.3) is 0 Å². The van der Waals surface area contributed by atoms with Gasteiger partial charge in [0.2, 0.25) is 0 Å². The van der Waals surface area contributed by atoms with Crippen LogP contribution in [-0.4, -0.2) is 19.5 Å². The van der Waals surface area contributed by atoms with Crippen LogP contribution >= 0.6 is 11.3 Å². The molecular formula is C65H38N4S. The molecule has 3 heterocycles. The summed E-state index contributed by atoms with van der Waals surface area (Å²) in [4.78, 5) is 16.6. The number of hydrogen-bond donors (Lipinski definition) is 0. The van der Waals surface area contributed by atoms with Crippen LogP contribution in [0.15, 0.2) is 231 Å². The Morgan fingerprint density at radius 1 is 0.271 bits per heavy atom. The number of thiophene rings is 1. The van der Waals surface area contributed by atoms with E-state index in [4.69, 9.17) is 15.0 Å². The van der Waals surface area contributed by atoms with Crippen molar-refractivity contribution in [1.29, 1.82) is 0 Å². The van der Waals surface area contributed by atoms with Crippen molar-refractivity contribution < 1.29 is 0 Å². The van der Waals surface area contributed by atoms with Gasteiger partial charge in [-0.15, -0.1) is 11.3 Å². The molecule has 0 saturated heterocycles. The second kappa shape index (κ2) is 15.2. The minimum absolute atomic E-state index is 0.612. The number of hydrogen-bond acceptors (Lipinski definition) is 4. The van der Waals surface area contributed by atoms with Crippen molar-refractivity contribution in [1.82, 2.24) is 19.5 Å². The molecule has 4 nitrogen and oxygen atoms in total. The molecule has 70 heavy (non-hydrogen) atoms. The van der Waals surface area contributed by atoms with E-state index in [2.05, 4.69) is 235 Å². The summed E-state index contributed by atoms with van der Waals surface area (Å²) in [5.41, 5.74) is 8.36. The summed E-state index contributed by atoms with van der Waals surface area (Å²) in [5, 5.41) is 16.7. The first-order chi connectivity index (χ1) is 34.7. The second-order valence-corrected chi connectivity index (χ2v) is 19.4. The van der Waals surface area contributed by atoms with Crippen molar-refractivity contribution in [3.8, 4) is 51.0 Å². The summed E-state index contributed by atoms with van der Waals surface area (Å²) >= 11 is 1.84. The molecule has 0 bridgehead atoms. The lowest BCUT2D eigenvalue weighted by Gasteiger charge is -2.17. The molecule has 0 saturated carbocycles. The number of rotatable bonds is 5. The van der Waals surface area contributed by atoms with Gasteiger partial charge in [0.15, 0.2) is 17.5 Å². The van der Waals surface area contributed by atoms with Crippen molar-refractivity contribution in [3.05, 3.63) is 231 Å². The molecule has 5 heteroatoms. The van der Waals surface area contributed by atoms with Crippen LogP contribution in [0.1, 0.15) is 0 Å². The van der Waals surface area contributed by atoms with Crippen molar-refractivity contribution in [2.75, 3.05) is 0 Å². The molecule has 0 atom stereocenters. The van der Waals surface area contributed by atoms with Gasteiger partial charge in [-0.05, 0) is 120 Å². The fourth-order valence-corrected chi connectivity index (χ4v) is 12.2. The fraction of sp³-hybridized carbons (Fsp3) is 0. The molecule has 15 rings (SSSR count). The first kappa shape index (κ1) is 39.0. The number of fused-ring (bicyclic) bond motifs is 13. The lowest BCUT2D eigenvalue weighted by Crippen LogP contribution is -2.03. The smallest absolute Gasteiger partial charge is 0.164 e. The quantitative estimate of drug-likeness (QED) is 0.162. The van der Waals surface area contributed by atoms with Gasteiger partial charge in [-0.3, -0.25) is 0 Å². The van der Waals surface area contributed by atoms with E-state index >= 15 is 0 Å². The van der Waals surface area contributed by atoms with Crippen molar-refractivity contribution in [3.63, 3.8) is 0 Å². The minimum atomic E-state index is 0.612. The summed E-state index contributed by atoms with van der Waals surface area (Å²) in [6.45, 7) is 0. The maximum absolute atomic E-state index is 5.55. The predicted octanol–water partition coefficient (Wildman–Crippen LogP) is 17.8. The summed E-state index contributed by atoms with van der Waals surface area (Å²) in [7, 11) is 0. The Bertz CT molecular complexity index is 4540. The van der Waals surface area contributed by atoms with E-state index < -0.39 is 0 Å². The molecule has 0 aliphatic carbocycles. The molecule has 0 radical (unpaired) electrons. The molecule has 0 spiro atoms. The summed E-state index contributed by atoms with van der Waals surface area (Å²) in [5.74, 6) is 1.87. The third kappa shape index (κ3) is 5.98. The standard InChI is InChI=1S/C65H38N4S/c1-2-16-42-37-60-57(35-41(42)15-1)51-19-7-9-25-59(51)69(60)44-30-33-55(56(38-44)43-29-34-62-58(36-43)52-20-8-10-26-61(52)70-62)65-67-63(53-23-11-21-47-45-17-5-3-13-39(45)27-31-49(47)53)66-64(68-65)54-24-12-22-48-46-18-6-4-14-40(46)28-32-50(48)54/h1-38H. The monoisotopic (exact) mass is 906 g/mol. The number of benzene rings is 12. The van der Waals surface area contributed by atoms with Crippen LogP contribution in [-0.2, 0) is 0 Å². The zero-order chi connectivity index (χ0) is 45.9. The molecule has 0 aliphatic rings. The molecule has 0 amide bonds. The lowest BCUT2D eigenvalue weighted by molar-refractivity contribution is 1.08. The van der Waals surface area contributed by atoms with E-state index in [1.807, 2.05) is 11.3 Å². The summed E-state index contributed by atoms with van der Waals surface area (Å²) in [6, 6.07) is 83.6.